The Balaban J connectivity index is 0.941. The van der Waals surface area contributed by atoms with E-state index >= 15 is 0 Å². The maximum Gasteiger partial charge on any atom is 0.180 e. The van der Waals surface area contributed by atoms with Gasteiger partial charge in [-0.2, -0.15) is 0 Å². The highest BCUT2D eigenvalue weighted by Gasteiger charge is 2.36. The summed E-state index contributed by atoms with van der Waals surface area (Å²) >= 11 is 1.88. The van der Waals surface area contributed by atoms with Gasteiger partial charge in [0.05, 0.1) is 0 Å². The summed E-state index contributed by atoms with van der Waals surface area (Å²) in [7, 11) is 0. The Morgan fingerprint density at radius 3 is 2.00 bits per heavy atom. The molecule has 0 aliphatic heterocycles. The molecule has 3 aromatic heterocycles. The minimum atomic E-state index is -0.204. The molecular formula is C51H32N2OS. The summed E-state index contributed by atoms with van der Waals surface area (Å²) < 4.78 is 9.26. The van der Waals surface area contributed by atoms with Crippen molar-refractivity contribution < 1.29 is 4.42 Å². The molecule has 258 valence electrons. The monoisotopic (exact) mass is 720 g/mol. The lowest BCUT2D eigenvalue weighted by Crippen LogP contribution is -2.15. The van der Waals surface area contributed by atoms with Crippen molar-refractivity contribution in [3.05, 3.63) is 169 Å². The molecule has 0 unspecified atom stereocenters. The molecule has 1 aliphatic rings. The molecule has 3 nitrogen and oxygen atoms in total. The lowest BCUT2D eigenvalue weighted by molar-refractivity contribution is 0.660. The quantitative estimate of drug-likeness (QED) is 0.171. The number of benzene rings is 8. The van der Waals surface area contributed by atoms with Crippen LogP contribution in [0.2, 0.25) is 0 Å². The topological polar surface area (TPSA) is 38.9 Å². The van der Waals surface area contributed by atoms with E-state index in [0.717, 1.165) is 33.3 Å². The Kier molecular flexibility index (Phi) is 6.27. The van der Waals surface area contributed by atoms with Crippen molar-refractivity contribution in [1.82, 2.24) is 9.97 Å². The molecule has 0 saturated carbocycles. The number of aromatic nitrogens is 2. The Hall–Kier alpha value is -6.62. The van der Waals surface area contributed by atoms with E-state index < -0.39 is 0 Å². The van der Waals surface area contributed by atoms with Gasteiger partial charge in [0, 0.05) is 36.5 Å². The van der Waals surface area contributed by atoms with Crippen LogP contribution in [-0.4, -0.2) is 9.97 Å². The van der Waals surface area contributed by atoms with E-state index in [1.54, 1.807) is 6.33 Å². The van der Waals surface area contributed by atoms with Crippen LogP contribution in [0.4, 0.5) is 0 Å². The van der Waals surface area contributed by atoms with Crippen molar-refractivity contribution in [2.45, 2.75) is 19.3 Å². The van der Waals surface area contributed by atoms with Crippen LogP contribution in [0.15, 0.2) is 162 Å². The zero-order chi connectivity index (χ0) is 36.4. The number of fused-ring (bicyclic) bond motifs is 12. The Bertz CT molecular complexity index is 3420. The molecular weight excluding hydrogens is 689 g/mol. The van der Waals surface area contributed by atoms with Crippen LogP contribution in [-0.2, 0) is 5.41 Å². The molecule has 1 aliphatic carbocycles. The lowest BCUT2D eigenvalue weighted by atomic mass is 9.81. The molecule has 0 spiro atoms. The molecule has 12 rings (SSSR count). The van der Waals surface area contributed by atoms with Crippen LogP contribution in [0.1, 0.15) is 25.0 Å². The number of rotatable bonds is 3. The van der Waals surface area contributed by atoms with Crippen molar-refractivity contribution in [2.75, 3.05) is 0 Å². The van der Waals surface area contributed by atoms with E-state index in [1.807, 2.05) is 11.3 Å². The van der Waals surface area contributed by atoms with Crippen LogP contribution < -0.4 is 0 Å². The molecule has 0 fully saturated rings. The zero-order valence-electron chi connectivity index (χ0n) is 30.2. The van der Waals surface area contributed by atoms with Gasteiger partial charge in [0.25, 0.3) is 0 Å². The fourth-order valence-corrected chi connectivity index (χ4v) is 10.4. The van der Waals surface area contributed by atoms with E-state index in [1.165, 1.54) is 80.7 Å². The van der Waals surface area contributed by atoms with Gasteiger partial charge in [0.15, 0.2) is 5.58 Å². The van der Waals surface area contributed by atoms with Gasteiger partial charge in [-0.05, 0) is 102 Å². The Labute approximate surface area is 321 Å². The van der Waals surface area contributed by atoms with E-state index in [4.69, 9.17) is 14.4 Å². The first-order valence-electron chi connectivity index (χ1n) is 18.8. The zero-order valence-corrected chi connectivity index (χ0v) is 31.0. The van der Waals surface area contributed by atoms with Gasteiger partial charge < -0.3 is 4.42 Å². The highest BCUT2D eigenvalue weighted by atomic mass is 32.1. The van der Waals surface area contributed by atoms with Gasteiger partial charge in [-0.3, -0.25) is 0 Å². The number of furan rings is 1. The lowest BCUT2D eigenvalue weighted by Gasteiger charge is -2.22. The molecule has 11 aromatic rings. The number of hydrogen-bond donors (Lipinski definition) is 0. The molecule has 0 radical (unpaired) electrons. The van der Waals surface area contributed by atoms with Crippen LogP contribution in [0.5, 0.6) is 0 Å². The van der Waals surface area contributed by atoms with Crippen LogP contribution in [0.25, 0.3) is 108 Å². The highest BCUT2D eigenvalue weighted by molar-refractivity contribution is 7.26. The largest absolute Gasteiger partial charge is 0.452 e. The average Bonchev–Trinajstić information content (AvgIpc) is 3.87. The predicted octanol–water partition coefficient (Wildman–Crippen LogP) is 14.4. The number of nitrogens with zero attached hydrogens (tertiary/aromatic N) is 2. The van der Waals surface area contributed by atoms with Crippen molar-refractivity contribution in [1.29, 1.82) is 0 Å². The third-order valence-corrected chi connectivity index (χ3v) is 13.2. The van der Waals surface area contributed by atoms with Gasteiger partial charge >= 0.3 is 0 Å². The molecule has 3 heterocycles. The minimum Gasteiger partial charge on any atom is -0.452 e. The maximum atomic E-state index is 6.59. The standard InChI is InChI=1S/C51H32N2OS/c1-51(2)43-26-33(36-11-7-12-40-39-10-5-6-13-46(39)55-50(36)40)18-21-37(43)38-22-19-34(27-44(38)51)47-49-48(53-28-52-47)42-25-32(20-23-45(42)54-49)31-17-16-30-15-14-29-8-3-4-9-35(29)41(30)24-31/h3-28H,1-2H3. The SMILES string of the molecule is CC1(C)c2cc(-c3ncnc4c3oc3ccc(-c5ccc6ccc7ccccc7c6c5)cc34)ccc2-c2ccc(-c3cccc4c3sc3ccccc34)cc21. The first kappa shape index (κ1) is 30.8. The van der Waals surface area contributed by atoms with Gasteiger partial charge in [-0.25, -0.2) is 9.97 Å². The summed E-state index contributed by atoms with van der Waals surface area (Å²) in [5.41, 5.74) is 14.1. The van der Waals surface area contributed by atoms with Crippen LogP contribution >= 0.6 is 11.3 Å². The molecule has 0 N–H and O–H groups in total. The molecule has 55 heavy (non-hydrogen) atoms. The van der Waals surface area contributed by atoms with E-state index in [2.05, 4.69) is 166 Å². The van der Waals surface area contributed by atoms with E-state index in [9.17, 15) is 0 Å². The third kappa shape index (κ3) is 4.43. The first-order valence-corrected chi connectivity index (χ1v) is 19.6. The first-order chi connectivity index (χ1) is 27.0. The minimum absolute atomic E-state index is 0.204. The molecule has 0 amide bonds. The van der Waals surface area contributed by atoms with Crippen LogP contribution in [0.3, 0.4) is 0 Å². The van der Waals surface area contributed by atoms with Gasteiger partial charge in [-0.15, -0.1) is 11.3 Å². The van der Waals surface area contributed by atoms with Gasteiger partial charge in [0.2, 0.25) is 0 Å². The molecule has 0 saturated heterocycles. The summed E-state index contributed by atoms with van der Waals surface area (Å²) in [5.74, 6) is 0. The second-order valence-corrected chi connectivity index (χ2v) is 16.4. The average molecular weight is 721 g/mol. The summed E-state index contributed by atoms with van der Waals surface area (Å²) in [6, 6.07) is 55.4. The van der Waals surface area contributed by atoms with Gasteiger partial charge in [0.1, 0.15) is 23.1 Å². The third-order valence-electron chi connectivity index (χ3n) is 12.0. The summed E-state index contributed by atoms with van der Waals surface area (Å²) in [5, 5.41) is 8.64. The fourth-order valence-electron chi connectivity index (χ4n) is 9.17. The maximum absolute atomic E-state index is 6.59. The fraction of sp³-hybridized carbons (Fsp3) is 0.0588. The van der Waals surface area contributed by atoms with Crippen molar-refractivity contribution in [3.63, 3.8) is 0 Å². The van der Waals surface area contributed by atoms with Crippen molar-refractivity contribution in [3.8, 4) is 44.6 Å². The Morgan fingerprint density at radius 1 is 0.491 bits per heavy atom. The van der Waals surface area contributed by atoms with Crippen LogP contribution in [0, 0.1) is 0 Å². The number of hydrogen-bond acceptors (Lipinski definition) is 4. The predicted molar refractivity (Wildman–Crippen MR) is 231 cm³/mol. The second-order valence-electron chi connectivity index (χ2n) is 15.4. The Morgan fingerprint density at radius 2 is 1.15 bits per heavy atom. The van der Waals surface area contributed by atoms with E-state index in [-0.39, 0.29) is 5.41 Å². The smallest absolute Gasteiger partial charge is 0.180 e. The van der Waals surface area contributed by atoms with Gasteiger partial charge in [-0.1, -0.05) is 129 Å². The molecule has 4 heteroatoms. The van der Waals surface area contributed by atoms with Crippen molar-refractivity contribution >= 4 is 75.1 Å². The van der Waals surface area contributed by atoms with Crippen molar-refractivity contribution in [2.24, 2.45) is 0 Å². The highest BCUT2D eigenvalue weighted by Crippen LogP contribution is 2.52. The molecule has 0 bridgehead atoms. The molecule has 0 atom stereocenters. The molecule has 8 aromatic carbocycles. The summed E-state index contributed by atoms with van der Waals surface area (Å²) in [6.45, 7) is 4.69. The second kappa shape index (κ2) is 11.2. The van der Waals surface area contributed by atoms with E-state index in [0.29, 0.717) is 5.58 Å². The number of thiophene rings is 1. The summed E-state index contributed by atoms with van der Waals surface area (Å²) in [4.78, 5) is 9.62. The summed E-state index contributed by atoms with van der Waals surface area (Å²) in [6.07, 6.45) is 1.68. The normalized spacial score (nSPS) is 13.4.